The van der Waals surface area contributed by atoms with Crippen LogP contribution >= 0.6 is 0 Å². The van der Waals surface area contributed by atoms with E-state index in [0.717, 1.165) is 25.7 Å². The molecule has 0 aliphatic heterocycles. The molecule has 1 heteroatoms. The Balaban J connectivity index is 1.96. The quantitative estimate of drug-likeness (QED) is 0.189. The molecular weight excluding hydrogens is 422 g/mol. The van der Waals surface area contributed by atoms with Crippen LogP contribution in [0.4, 0.5) is 17.1 Å². The molecule has 0 bridgehead atoms. The van der Waals surface area contributed by atoms with Crippen LogP contribution in [0.3, 0.4) is 0 Å². The van der Waals surface area contributed by atoms with E-state index in [-0.39, 0.29) is 10.8 Å². The third-order valence-electron chi connectivity index (χ3n) is 7.90. The van der Waals surface area contributed by atoms with Gasteiger partial charge >= 0.3 is 0 Å². The number of benzene rings is 3. The van der Waals surface area contributed by atoms with Crippen molar-refractivity contribution in [3.63, 3.8) is 0 Å². The Morgan fingerprint density at radius 1 is 0.629 bits per heavy atom. The molecule has 0 saturated heterocycles. The Bertz CT molecular complexity index is 994. The van der Waals surface area contributed by atoms with Gasteiger partial charge in [0.05, 0.1) is 0 Å². The van der Waals surface area contributed by atoms with Crippen LogP contribution in [0.2, 0.25) is 0 Å². The lowest BCUT2D eigenvalue weighted by molar-refractivity contribution is 0.506. The summed E-state index contributed by atoms with van der Waals surface area (Å²) < 4.78 is 0. The molecule has 3 rings (SSSR count). The lowest BCUT2D eigenvalue weighted by Gasteiger charge is -2.29. The van der Waals surface area contributed by atoms with Crippen molar-refractivity contribution >= 4 is 17.1 Å². The van der Waals surface area contributed by atoms with Crippen LogP contribution in [-0.4, -0.2) is 0 Å². The van der Waals surface area contributed by atoms with E-state index >= 15 is 0 Å². The maximum absolute atomic E-state index is 3.84. The van der Waals surface area contributed by atoms with E-state index in [2.05, 4.69) is 126 Å². The third-order valence-corrected chi connectivity index (χ3v) is 7.90. The first-order valence-corrected chi connectivity index (χ1v) is 13.4. The molecule has 0 radical (unpaired) electrons. The smallest absolute Gasteiger partial charge is 0.0461 e. The number of unbranched alkanes of at least 4 members (excludes halogenated alkanes) is 2. The van der Waals surface area contributed by atoms with Gasteiger partial charge < -0.3 is 4.90 Å². The predicted octanol–water partition coefficient (Wildman–Crippen LogP) is 10.4. The van der Waals surface area contributed by atoms with Crippen LogP contribution in [-0.2, 0) is 17.3 Å². The Kier molecular flexibility index (Phi) is 9.00. The molecule has 0 spiro atoms. The minimum Gasteiger partial charge on any atom is -0.311 e. The van der Waals surface area contributed by atoms with Crippen molar-refractivity contribution in [2.75, 3.05) is 4.90 Å². The van der Waals surface area contributed by atoms with Gasteiger partial charge in [0.1, 0.15) is 0 Å². The van der Waals surface area contributed by atoms with Crippen LogP contribution in [0.25, 0.3) is 0 Å². The van der Waals surface area contributed by atoms with E-state index in [9.17, 15) is 0 Å². The van der Waals surface area contributed by atoms with Crippen LogP contribution in [0.5, 0.6) is 0 Å². The molecule has 0 saturated carbocycles. The van der Waals surface area contributed by atoms with Gasteiger partial charge in [-0.1, -0.05) is 84.0 Å². The fourth-order valence-electron chi connectivity index (χ4n) is 4.41. The van der Waals surface area contributed by atoms with Crippen molar-refractivity contribution in [2.24, 2.45) is 0 Å². The minimum absolute atomic E-state index is 0.185. The predicted molar refractivity (Wildman–Crippen MR) is 156 cm³/mol. The Morgan fingerprint density at radius 3 is 1.40 bits per heavy atom. The summed E-state index contributed by atoms with van der Waals surface area (Å²) >= 11 is 0. The average molecular weight is 468 g/mol. The number of allylic oxidation sites excluding steroid dienone is 1. The van der Waals surface area contributed by atoms with Crippen molar-refractivity contribution in [3.8, 4) is 0 Å². The van der Waals surface area contributed by atoms with Crippen molar-refractivity contribution in [1.82, 2.24) is 0 Å². The van der Waals surface area contributed by atoms with E-state index in [1.807, 2.05) is 6.08 Å². The summed E-state index contributed by atoms with van der Waals surface area (Å²) in [5, 5.41) is 0. The molecule has 0 aliphatic carbocycles. The zero-order chi connectivity index (χ0) is 25.5. The van der Waals surface area contributed by atoms with E-state index < -0.39 is 0 Å². The van der Waals surface area contributed by atoms with Gasteiger partial charge in [0, 0.05) is 17.1 Å². The molecule has 35 heavy (non-hydrogen) atoms. The van der Waals surface area contributed by atoms with E-state index in [4.69, 9.17) is 0 Å². The molecule has 0 amide bonds. The minimum atomic E-state index is 0.185. The van der Waals surface area contributed by atoms with Crippen LogP contribution in [0, 0.1) is 0 Å². The second kappa shape index (κ2) is 11.8. The first-order chi connectivity index (χ1) is 16.7. The van der Waals surface area contributed by atoms with Crippen molar-refractivity contribution in [1.29, 1.82) is 0 Å². The van der Waals surface area contributed by atoms with Gasteiger partial charge in [-0.25, -0.2) is 0 Å². The van der Waals surface area contributed by atoms with Gasteiger partial charge in [-0.3, -0.25) is 0 Å². The van der Waals surface area contributed by atoms with E-state index in [0.29, 0.717) is 0 Å². The molecule has 0 heterocycles. The van der Waals surface area contributed by atoms with Gasteiger partial charge in [-0.15, -0.1) is 6.58 Å². The molecule has 0 atom stereocenters. The van der Waals surface area contributed by atoms with Gasteiger partial charge in [0.15, 0.2) is 0 Å². The summed E-state index contributed by atoms with van der Waals surface area (Å²) in [5.74, 6) is 0. The highest BCUT2D eigenvalue weighted by atomic mass is 15.1. The maximum atomic E-state index is 3.84. The normalized spacial score (nSPS) is 11.9. The number of aryl methyl sites for hydroxylation is 1. The number of anilines is 3. The monoisotopic (exact) mass is 467 g/mol. The molecule has 0 aromatic heterocycles. The van der Waals surface area contributed by atoms with E-state index in [1.54, 1.807) is 0 Å². The summed E-state index contributed by atoms with van der Waals surface area (Å²) in [6, 6.07) is 27.4. The zero-order valence-electron chi connectivity index (χ0n) is 22.9. The Morgan fingerprint density at radius 2 is 1.03 bits per heavy atom. The second-order valence-corrected chi connectivity index (χ2v) is 11.1. The molecule has 0 fully saturated rings. The summed E-state index contributed by atoms with van der Waals surface area (Å²) in [5.41, 5.74) is 8.14. The number of nitrogens with zero attached hydrogens (tertiary/aromatic N) is 1. The lowest BCUT2D eigenvalue weighted by atomic mass is 9.82. The number of hydrogen-bond donors (Lipinski definition) is 0. The Labute approximate surface area is 214 Å². The second-order valence-electron chi connectivity index (χ2n) is 11.1. The third kappa shape index (κ3) is 6.66. The highest BCUT2D eigenvalue weighted by Gasteiger charge is 2.21. The molecule has 0 unspecified atom stereocenters. The van der Waals surface area contributed by atoms with Crippen LogP contribution < -0.4 is 4.90 Å². The van der Waals surface area contributed by atoms with Gasteiger partial charge in [0.25, 0.3) is 0 Å². The number of hydrogen-bond acceptors (Lipinski definition) is 1. The molecule has 3 aromatic rings. The summed E-state index contributed by atoms with van der Waals surface area (Å²) in [6.45, 7) is 17.6. The van der Waals surface area contributed by atoms with Gasteiger partial charge in [0.2, 0.25) is 0 Å². The molecule has 0 aliphatic rings. The molecular formula is C34H45N. The van der Waals surface area contributed by atoms with Crippen LogP contribution in [0.1, 0.15) is 90.3 Å². The van der Waals surface area contributed by atoms with Gasteiger partial charge in [-0.2, -0.15) is 0 Å². The van der Waals surface area contributed by atoms with Gasteiger partial charge in [-0.05, 0) is 102 Å². The average Bonchev–Trinajstić information content (AvgIpc) is 2.88. The summed E-state index contributed by atoms with van der Waals surface area (Å²) in [4.78, 5) is 2.38. The van der Waals surface area contributed by atoms with Crippen LogP contribution in [0.15, 0.2) is 85.5 Å². The Hall–Kier alpha value is -2.80. The fourth-order valence-corrected chi connectivity index (χ4v) is 4.41. The first-order valence-electron chi connectivity index (χ1n) is 13.4. The fraction of sp³-hybridized carbons (Fsp3) is 0.412. The maximum Gasteiger partial charge on any atom is 0.0461 e. The molecule has 1 nitrogen and oxygen atoms in total. The standard InChI is InChI=1S/C34H45N/c1-8-11-12-13-14-27-15-21-30(22-16-27)35(31-23-17-28(18-24-31)33(4,5)9-2)32-25-19-29(20-26-32)34(6,7)10-3/h8,15-26H,1,9-14H2,2-7H3. The SMILES string of the molecule is C=CCCCCc1ccc(N(c2ccc(C(C)(C)CC)cc2)c2ccc(C(C)(C)CC)cc2)cc1. The van der Waals surface area contributed by atoms with Crippen molar-refractivity contribution in [3.05, 3.63) is 102 Å². The number of rotatable bonds is 12. The lowest BCUT2D eigenvalue weighted by Crippen LogP contribution is -2.17. The topological polar surface area (TPSA) is 3.24 Å². The largest absolute Gasteiger partial charge is 0.311 e. The van der Waals surface area contributed by atoms with Crippen molar-refractivity contribution in [2.45, 2.75) is 90.9 Å². The molecule has 186 valence electrons. The molecule has 3 aromatic carbocycles. The van der Waals surface area contributed by atoms with Crippen molar-refractivity contribution < 1.29 is 0 Å². The first kappa shape index (κ1) is 26.8. The highest BCUT2D eigenvalue weighted by molar-refractivity contribution is 5.76. The summed E-state index contributed by atoms with van der Waals surface area (Å²) in [6.07, 6.45) is 8.90. The molecule has 0 N–H and O–H groups in total. The van der Waals surface area contributed by atoms with E-state index in [1.165, 1.54) is 46.6 Å². The zero-order valence-corrected chi connectivity index (χ0v) is 22.9. The summed E-state index contributed by atoms with van der Waals surface area (Å²) in [7, 11) is 0. The highest BCUT2D eigenvalue weighted by Crippen LogP contribution is 2.38.